The molecule has 0 radical (unpaired) electrons. The van der Waals surface area contributed by atoms with Crippen molar-refractivity contribution in [2.24, 2.45) is 5.73 Å². The van der Waals surface area contributed by atoms with Crippen LogP contribution in [0, 0.1) is 0 Å². The van der Waals surface area contributed by atoms with Crippen molar-refractivity contribution in [2.75, 3.05) is 6.61 Å². The van der Waals surface area contributed by atoms with Gasteiger partial charge in [0.15, 0.2) is 0 Å². The molecule has 1 aliphatic heterocycles. The van der Waals surface area contributed by atoms with Gasteiger partial charge in [0.2, 0.25) is 11.7 Å². The first-order chi connectivity index (χ1) is 9.74. The maximum atomic E-state index is 6.35. The molecule has 1 saturated carbocycles. The fourth-order valence-corrected chi connectivity index (χ4v) is 3.09. The van der Waals surface area contributed by atoms with Gasteiger partial charge in [0.1, 0.15) is 5.75 Å². The van der Waals surface area contributed by atoms with Gasteiger partial charge in [-0.3, -0.25) is 0 Å². The Bertz CT molecular complexity index is 644. The van der Waals surface area contributed by atoms with Gasteiger partial charge in [-0.05, 0) is 36.6 Å². The first kappa shape index (κ1) is 11.9. The smallest absolute Gasteiger partial charge is 0.247 e. The Labute approximate surface area is 117 Å². The summed E-state index contributed by atoms with van der Waals surface area (Å²) in [6, 6.07) is 6.02. The zero-order valence-electron chi connectivity index (χ0n) is 11.3. The lowest BCUT2D eigenvalue weighted by Gasteiger charge is -2.17. The molecular formula is C15H17N3O2. The Morgan fingerprint density at radius 1 is 1.20 bits per heavy atom. The molecule has 1 aliphatic carbocycles. The van der Waals surface area contributed by atoms with Crippen LogP contribution in [-0.4, -0.2) is 16.7 Å². The Kier molecular flexibility index (Phi) is 2.57. The number of rotatable bonds is 2. The van der Waals surface area contributed by atoms with Crippen LogP contribution < -0.4 is 10.5 Å². The van der Waals surface area contributed by atoms with Gasteiger partial charge < -0.3 is 15.0 Å². The normalized spacial score (nSPS) is 19.9. The molecule has 1 aromatic carbocycles. The minimum Gasteiger partial charge on any atom is -0.493 e. The number of hydrogen-bond acceptors (Lipinski definition) is 5. The van der Waals surface area contributed by atoms with E-state index in [0.717, 1.165) is 50.0 Å². The number of fused-ring (bicyclic) bond motifs is 1. The number of hydrogen-bond donors (Lipinski definition) is 1. The summed E-state index contributed by atoms with van der Waals surface area (Å²) in [4.78, 5) is 4.52. The van der Waals surface area contributed by atoms with Crippen LogP contribution in [0.4, 0.5) is 0 Å². The topological polar surface area (TPSA) is 74.2 Å². The molecule has 0 saturated heterocycles. The van der Waals surface area contributed by atoms with Crippen molar-refractivity contribution in [1.82, 2.24) is 10.1 Å². The summed E-state index contributed by atoms with van der Waals surface area (Å²) in [5, 5.41) is 4.09. The molecule has 1 fully saturated rings. The zero-order valence-corrected chi connectivity index (χ0v) is 11.3. The van der Waals surface area contributed by atoms with E-state index >= 15 is 0 Å². The van der Waals surface area contributed by atoms with Crippen LogP contribution in [-0.2, 0) is 12.0 Å². The molecule has 2 N–H and O–H groups in total. The van der Waals surface area contributed by atoms with E-state index in [1.54, 1.807) is 0 Å². The molecule has 2 heterocycles. The van der Waals surface area contributed by atoms with Gasteiger partial charge in [0, 0.05) is 12.0 Å². The number of aromatic nitrogens is 2. The van der Waals surface area contributed by atoms with E-state index in [1.165, 1.54) is 5.56 Å². The molecule has 5 nitrogen and oxygen atoms in total. The predicted molar refractivity (Wildman–Crippen MR) is 73.3 cm³/mol. The van der Waals surface area contributed by atoms with Crippen molar-refractivity contribution in [3.05, 3.63) is 29.7 Å². The molecule has 0 amide bonds. The third-order valence-corrected chi connectivity index (χ3v) is 4.30. The summed E-state index contributed by atoms with van der Waals surface area (Å²) in [5.41, 5.74) is 8.09. The highest BCUT2D eigenvalue weighted by atomic mass is 16.5. The number of nitrogens with two attached hydrogens (primary N) is 1. The zero-order chi connectivity index (χ0) is 13.6. The van der Waals surface area contributed by atoms with Crippen LogP contribution >= 0.6 is 0 Å². The van der Waals surface area contributed by atoms with E-state index in [1.807, 2.05) is 12.1 Å². The van der Waals surface area contributed by atoms with E-state index < -0.39 is 5.54 Å². The second-order valence-electron chi connectivity index (χ2n) is 5.71. The maximum absolute atomic E-state index is 6.35. The Morgan fingerprint density at radius 2 is 2.05 bits per heavy atom. The lowest BCUT2D eigenvalue weighted by molar-refractivity contribution is 0.285. The average Bonchev–Trinajstić information content (AvgIpc) is 3.18. The van der Waals surface area contributed by atoms with Gasteiger partial charge >= 0.3 is 0 Å². The van der Waals surface area contributed by atoms with Crippen LogP contribution in [0.2, 0.25) is 0 Å². The molecule has 2 aliphatic rings. The molecule has 1 aromatic heterocycles. The fourth-order valence-electron chi connectivity index (χ4n) is 3.09. The summed E-state index contributed by atoms with van der Waals surface area (Å²) in [7, 11) is 0. The van der Waals surface area contributed by atoms with E-state index in [-0.39, 0.29) is 0 Å². The van der Waals surface area contributed by atoms with Crippen LogP contribution in [0.5, 0.6) is 5.75 Å². The standard InChI is InChI=1S/C15H17N3O2/c16-15(6-1-2-7-15)14-17-13(18-20-14)11-3-4-12-10(9-11)5-8-19-12/h3-4,9H,1-2,5-8,16H2. The minimum atomic E-state index is -0.426. The maximum Gasteiger partial charge on any atom is 0.247 e. The summed E-state index contributed by atoms with van der Waals surface area (Å²) < 4.78 is 10.9. The average molecular weight is 271 g/mol. The van der Waals surface area contributed by atoms with Crippen molar-refractivity contribution in [3.63, 3.8) is 0 Å². The molecule has 20 heavy (non-hydrogen) atoms. The first-order valence-corrected chi connectivity index (χ1v) is 7.14. The van der Waals surface area contributed by atoms with Crippen LogP contribution in [0.3, 0.4) is 0 Å². The second kappa shape index (κ2) is 4.31. The lowest BCUT2D eigenvalue weighted by Crippen LogP contribution is -2.33. The summed E-state index contributed by atoms with van der Waals surface area (Å²) in [6.45, 7) is 0.752. The fraction of sp³-hybridized carbons (Fsp3) is 0.467. The molecule has 0 unspecified atom stereocenters. The summed E-state index contributed by atoms with van der Waals surface area (Å²) in [6.07, 6.45) is 5.04. The van der Waals surface area contributed by atoms with Gasteiger partial charge in [-0.1, -0.05) is 18.0 Å². The van der Waals surface area contributed by atoms with Crippen molar-refractivity contribution >= 4 is 0 Å². The highest BCUT2D eigenvalue weighted by molar-refractivity contribution is 5.59. The second-order valence-corrected chi connectivity index (χ2v) is 5.71. The van der Waals surface area contributed by atoms with Gasteiger partial charge in [0.05, 0.1) is 12.1 Å². The minimum absolute atomic E-state index is 0.426. The Morgan fingerprint density at radius 3 is 2.90 bits per heavy atom. The monoisotopic (exact) mass is 271 g/mol. The lowest BCUT2D eigenvalue weighted by atomic mass is 9.99. The molecule has 5 heteroatoms. The third-order valence-electron chi connectivity index (χ3n) is 4.30. The van der Waals surface area contributed by atoms with Crippen molar-refractivity contribution < 1.29 is 9.26 Å². The summed E-state index contributed by atoms with van der Waals surface area (Å²) >= 11 is 0. The Hall–Kier alpha value is -1.88. The van der Waals surface area contributed by atoms with Crippen LogP contribution in [0.15, 0.2) is 22.7 Å². The largest absolute Gasteiger partial charge is 0.493 e. The highest BCUT2D eigenvalue weighted by Crippen LogP contribution is 2.36. The quantitative estimate of drug-likeness (QED) is 0.907. The molecule has 2 aromatic rings. The number of ether oxygens (including phenoxy) is 1. The number of nitrogens with zero attached hydrogens (tertiary/aromatic N) is 2. The summed E-state index contributed by atoms with van der Waals surface area (Å²) in [5.74, 6) is 2.15. The molecule has 4 rings (SSSR count). The van der Waals surface area contributed by atoms with Crippen molar-refractivity contribution in [3.8, 4) is 17.1 Å². The van der Waals surface area contributed by atoms with E-state index in [0.29, 0.717) is 11.7 Å². The van der Waals surface area contributed by atoms with E-state index in [9.17, 15) is 0 Å². The number of benzene rings is 1. The Balaban J connectivity index is 1.68. The van der Waals surface area contributed by atoms with Gasteiger partial charge in [0.25, 0.3) is 0 Å². The van der Waals surface area contributed by atoms with Crippen molar-refractivity contribution in [2.45, 2.75) is 37.6 Å². The van der Waals surface area contributed by atoms with Gasteiger partial charge in [-0.2, -0.15) is 4.98 Å². The SMILES string of the molecule is NC1(c2nc(-c3ccc4c(c3)CCO4)no2)CCCC1. The molecule has 0 spiro atoms. The first-order valence-electron chi connectivity index (χ1n) is 7.14. The van der Waals surface area contributed by atoms with Gasteiger partial charge in [-0.15, -0.1) is 0 Å². The predicted octanol–water partition coefficient (Wildman–Crippen LogP) is 2.40. The molecule has 104 valence electrons. The third kappa shape index (κ3) is 1.81. The van der Waals surface area contributed by atoms with E-state index in [2.05, 4.69) is 16.2 Å². The van der Waals surface area contributed by atoms with Crippen LogP contribution in [0.25, 0.3) is 11.4 Å². The van der Waals surface area contributed by atoms with Crippen molar-refractivity contribution in [1.29, 1.82) is 0 Å². The van der Waals surface area contributed by atoms with Gasteiger partial charge in [-0.25, -0.2) is 0 Å². The van der Waals surface area contributed by atoms with E-state index in [4.69, 9.17) is 15.0 Å². The van der Waals surface area contributed by atoms with Crippen LogP contribution in [0.1, 0.15) is 37.1 Å². The molecular weight excluding hydrogens is 254 g/mol. The molecule has 0 bridgehead atoms. The highest BCUT2D eigenvalue weighted by Gasteiger charge is 2.37. The molecule has 0 atom stereocenters.